The molecule has 1 N–H and O–H groups in total. The van der Waals surface area contributed by atoms with Crippen LogP contribution in [0.2, 0.25) is 0 Å². The fourth-order valence-corrected chi connectivity index (χ4v) is 1.04. The van der Waals surface area contributed by atoms with E-state index < -0.39 is 0 Å². The summed E-state index contributed by atoms with van der Waals surface area (Å²) in [6.07, 6.45) is 1.58. The topological polar surface area (TPSA) is 20.2 Å². The van der Waals surface area contributed by atoms with Crippen molar-refractivity contribution in [2.45, 2.75) is 4.90 Å². The van der Waals surface area contributed by atoms with Crippen LogP contribution in [-0.2, 0) is 0 Å². The predicted molar refractivity (Wildman–Crippen MR) is 45.4 cm³/mol. The molecule has 0 saturated carbocycles. The molecular weight excluding hydrogens is 144 g/mol. The van der Waals surface area contributed by atoms with Gasteiger partial charge in [-0.2, -0.15) is 0 Å². The number of hydrogen-bond donors (Lipinski definition) is 2. The summed E-state index contributed by atoms with van der Waals surface area (Å²) in [5, 5.41) is 9.17. The molecule has 52 valence electrons. The van der Waals surface area contributed by atoms with Crippen LogP contribution in [0.15, 0.2) is 29.7 Å². The quantitative estimate of drug-likeness (QED) is 0.592. The maximum absolute atomic E-state index is 9.17. The van der Waals surface area contributed by atoms with Gasteiger partial charge < -0.3 is 5.11 Å². The Bertz CT molecular complexity index is 235. The molecule has 0 radical (unpaired) electrons. The molecule has 2 heteroatoms. The van der Waals surface area contributed by atoms with E-state index in [1.165, 1.54) is 0 Å². The van der Waals surface area contributed by atoms with Crippen molar-refractivity contribution in [2.24, 2.45) is 0 Å². The summed E-state index contributed by atoms with van der Waals surface area (Å²) in [5.74, 6) is 0.225. The molecular formula is C8H8OS. The minimum absolute atomic E-state index is 0.225. The molecule has 0 saturated heterocycles. The summed E-state index contributed by atoms with van der Waals surface area (Å²) in [4.78, 5) is 0.745. The largest absolute Gasteiger partial charge is 0.507 e. The van der Waals surface area contributed by atoms with Crippen LogP contribution in [0.1, 0.15) is 5.56 Å². The van der Waals surface area contributed by atoms with Gasteiger partial charge in [-0.3, -0.25) is 0 Å². The van der Waals surface area contributed by atoms with Gasteiger partial charge in [0.25, 0.3) is 0 Å². The lowest BCUT2D eigenvalue weighted by molar-refractivity contribution is 0.472. The van der Waals surface area contributed by atoms with Crippen molar-refractivity contribution in [3.05, 3.63) is 30.3 Å². The first kappa shape index (κ1) is 7.22. The molecule has 0 amide bonds. The predicted octanol–water partition coefficient (Wildman–Crippen LogP) is 2.32. The molecule has 0 aliphatic rings. The fourth-order valence-electron chi connectivity index (χ4n) is 0.750. The minimum atomic E-state index is 0.225. The number of hydrogen-bond acceptors (Lipinski definition) is 2. The second-order valence-corrected chi connectivity index (χ2v) is 2.40. The van der Waals surface area contributed by atoms with E-state index in [0.717, 1.165) is 4.90 Å². The van der Waals surface area contributed by atoms with Crippen molar-refractivity contribution in [3.63, 3.8) is 0 Å². The zero-order valence-corrected chi connectivity index (χ0v) is 6.31. The van der Waals surface area contributed by atoms with Gasteiger partial charge in [-0.1, -0.05) is 18.7 Å². The number of rotatable bonds is 1. The first-order chi connectivity index (χ1) is 4.75. The lowest BCUT2D eigenvalue weighted by atomic mass is 10.2. The Balaban J connectivity index is 3.30. The Morgan fingerprint density at radius 3 is 2.60 bits per heavy atom. The Hall–Kier alpha value is -0.890. The first-order valence-electron chi connectivity index (χ1n) is 2.89. The van der Waals surface area contributed by atoms with Crippen molar-refractivity contribution in [2.75, 3.05) is 0 Å². The maximum atomic E-state index is 9.17. The molecule has 1 rings (SSSR count). The third kappa shape index (κ3) is 1.16. The molecule has 1 aromatic carbocycles. The van der Waals surface area contributed by atoms with Gasteiger partial charge in [0.05, 0.1) is 0 Å². The van der Waals surface area contributed by atoms with E-state index in [9.17, 15) is 5.11 Å². The third-order valence-electron chi connectivity index (χ3n) is 1.26. The van der Waals surface area contributed by atoms with Gasteiger partial charge in [0.2, 0.25) is 0 Å². The van der Waals surface area contributed by atoms with Gasteiger partial charge in [0.1, 0.15) is 5.75 Å². The summed E-state index contributed by atoms with van der Waals surface area (Å²) < 4.78 is 0. The van der Waals surface area contributed by atoms with E-state index in [-0.39, 0.29) is 5.75 Å². The molecule has 1 aromatic rings. The van der Waals surface area contributed by atoms with E-state index >= 15 is 0 Å². The van der Waals surface area contributed by atoms with Crippen molar-refractivity contribution < 1.29 is 5.11 Å². The monoisotopic (exact) mass is 152 g/mol. The Morgan fingerprint density at radius 1 is 1.50 bits per heavy atom. The third-order valence-corrected chi connectivity index (χ3v) is 1.65. The van der Waals surface area contributed by atoms with Gasteiger partial charge in [0, 0.05) is 10.5 Å². The fraction of sp³-hybridized carbons (Fsp3) is 0. The van der Waals surface area contributed by atoms with Gasteiger partial charge in [-0.05, 0) is 12.1 Å². The van der Waals surface area contributed by atoms with Crippen molar-refractivity contribution in [3.8, 4) is 5.75 Å². The molecule has 0 fully saturated rings. The molecule has 10 heavy (non-hydrogen) atoms. The molecule has 0 bridgehead atoms. The highest BCUT2D eigenvalue weighted by atomic mass is 32.1. The molecule has 0 spiro atoms. The van der Waals surface area contributed by atoms with E-state index in [1.807, 2.05) is 0 Å². The number of phenolic OH excluding ortho intramolecular Hbond substituents is 1. The van der Waals surface area contributed by atoms with E-state index in [4.69, 9.17) is 0 Å². The molecule has 0 aliphatic heterocycles. The maximum Gasteiger partial charge on any atom is 0.123 e. The van der Waals surface area contributed by atoms with Gasteiger partial charge in [-0.15, -0.1) is 12.6 Å². The van der Waals surface area contributed by atoms with Crippen LogP contribution in [0.4, 0.5) is 0 Å². The van der Waals surface area contributed by atoms with Gasteiger partial charge in [-0.25, -0.2) is 0 Å². The number of aromatic hydroxyl groups is 1. The number of thiol groups is 1. The second kappa shape index (κ2) is 2.80. The van der Waals surface area contributed by atoms with Crippen LogP contribution in [0.5, 0.6) is 5.75 Å². The van der Waals surface area contributed by atoms with Crippen LogP contribution in [0, 0.1) is 0 Å². The van der Waals surface area contributed by atoms with Crippen LogP contribution >= 0.6 is 12.6 Å². The summed E-state index contributed by atoms with van der Waals surface area (Å²) in [6, 6.07) is 5.15. The molecule has 0 unspecified atom stereocenters. The van der Waals surface area contributed by atoms with E-state index in [2.05, 4.69) is 19.2 Å². The average molecular weight is 152 g/mol. The number of phenols is 1. The zero-order chi connectivity index (χ0) is 7.56. The van der Waals surface area contributed by atoms with Crippen molar-refractivity contribution in [1.82, 2.24) is 0 Å². The van der Waals surface area contributed by atoms with Crippen LogP contribution in [0.25, 0.3) is 6.08 Å². The molecule has 0 aromatic heterocycles. The highest BCUT2D eigenvalue weighted by molar-refractivity contribution is 7.80. The highest BCUT2D eigenvalue weighted by Crippen LogP contribution is 2.24. The normalized spacial score (nSPS) is 9.30. The Labute approximate surface area is 65.4 Å². The summed E-state index contributed by atoms with van der Waals surface area (Å²) in [5.41, 5.74) is 0.686. The lowest BCUT2D eigenvalue weighted by Crippen LogP contribution is -1.75. The van der Waals surface area contributed by atoms with Crippen molar-refractivity contribution >= 4 is 18.7 Å². The summed E-state index contributed by atoms with van der Waals surface area (Å²) in [6.45, 7) is 3.54. The van der Waals surface area contributed by atoms with Crippen molar-refractivity contribution in [1.29, 1.82) is 0 Å². The van der Waals surface area contributed by atoms with Gasteiger partial charge >= 0.3 is 0 Å². The highest BCUT2D eigenvalue weighted by Gasteiger charge is 1.97. The molecule has 1 nitrogen and oxygen atoms in total. The van der Waals surface area contributed by atoms with E-state index in [1.54, 1.807) is 24.3 Å². The summed E-state index contributed by atoms with van der Waals surface area (Å²) in [7, 11) is 0. The van der Waals surface area contributed by atoms with Crippen LogP contribution in [-0.4, -0.2) is 5.11 Å². The second-order valence-electron chi connectivity index (χ2n) is 1.91. The zero-order valence-electron chi connectivity index (χ0n) is 5.41. The smallest absolute Gasteiger partial charge is 0.123 e. The Kier molecular flexibility index (Phi) is 2.02. The standard InChI is InChI=1S/C8H8OS/c1-2-6-7(9)4-3-5-8(6)10/h2-5,9-10H,1H2. The molecule has 0 aliphatic carbocycles. The first-order valence-corrected chi connectivity index (χ1v) is 3.34. The Morgan fingerprint density at radius 2 is 2.20 bits per heavy atom. The lowest BCUT2D eigenvalue weighted by Gasteiger charge is -1.99. The molecule has 0 heterocycles. The van der Waals surface area contributed by atoms with Crippen LogP contribution < -0.4 is 0 Å². The SMILES string of the molecule is C=Cc1c(O)cccc1S. The van der Waals surface area contributed by atoms with Crippen LogP contribution in [0.3, 0.4) is 0 Å². The average Bonchev–Trinajstić information content (AvgIpc) is 1.88. The number of benzene rings is 1. The minimum Gasteiger partial charge on any atom is -0.507 e. The van der Waals surface area contributed by atoms with E-state index in [0.29, 0.717) is 5.56 Å². The van der Waals surface area contributed by atoms with Gasteiger partial charge in [0.15, 0.2) is 0 Å². The molecule has 0 atom stereocenters. The summed E-state index contributed by atoms with van der Waals surface area (Å²) >= 11 is 4.12.